The highest BCUT2D eigenvalue weighted by Gasteiger charge is 2.53. The van der Waals surface area contributed by atoms with Gasteiger partial charge >= 0.3 is 0 Å². The molecule has 0 bridgehead atoms. The Balaban J connectivity index is 1.34. The van der Waals surface area contributed by atoms with Gasteiger partial charge < -0.3 is 10.4 Å². The summed E-state index contributed by atoms with van der Waals surface area (Å²) in [5.41, 5.74) is 1.58. The van der Waals surface area contributed by atoms with Crippen molar-refractivity contribution in [1.29, 1.82) is 0 Å². The van der Waals surface area contributed by atoms with Gasteiger partial charge in [0, 0.05) is 11.3 Å². The molecule has 0 heterocycles. The molecule has 3 saturated carbocycles. The Morgan fingerprint density at radius 3 is 2.55 bits per heavy atom. The summed E-state index contributed by atoms with van der Waals surface area (Å²) in [5.74, 6) is 3.97. The van der Waals surface area contributed by atoms with Gasteiger partial charge in [-0.1, -0.05) is 31.2 Å². The fourth-order valence-electron chi connectivity index (χ4n) is 8.05. The summed E-state index contributed by atoms with van der Waals surface area (Å²) < 4.78 is 0. The van der Waals surface area contributed by atoms with Crippen LogP contribution in [0.3, 0.4) is 0 Å². The SMILES string of the molecule is C[C@@]1(O)CC[C@H]2[C@H](CC[C@@H]3[C@@H]2CC[C@]2(C)C=C(C(=O)Nc4ccccc4)CCC[C@@H]32)C1. The normalized spacial score (nSPS) is 42.3. The molecule has 3 nitrogen and oxygen atoms in total. The van der Waals surface area contributed by atoms with Crippen molar-refractivity contribution < 1.29 is 9.90 Å². The molecule has 0 aliphatic heterocycles. The van der Waals surface area contributed by atoms with Gasteiger partial charge in [-0.15, -0.1) is 0 Å². The zero-order valence-corrected chi connectivity index (χ0v) is 19.3. The minimum Gasteiger partial charge on any atom is -0.390 e. The van der Waals surface area contributed by atoms with E-state index in [4.69, 9.17) is 0 Å². The van der Waals surface area contributed by atoms with Crippen molar-refractivity contribution in [2.24, 2.45) is 35.0 Å². The summed E-state index contributed by atoms with van der Waals surface area (Å²) >= 11 is 0. The molecular formula is C28H39NO2. The quantitative estimate of drug-likeness (QED) is 0.585. The smallest absolute Gasteiger partial charge is 0.251 e. The molecular weight excluding hydrogens is 382 g/mol. The number of hydrogen-bond donors (Lipinski definition) is 2. The first-order chi connectivity index (χ1) is 14.8. The van der Waals surface area contributed by atoms with E-state index >= 15 is 0 Å². The lowest BCUT2D eigenvalue weighted by molar-refractivity contribution is -0.113. The number of benzene rings is 1. The molecule has 2 N–H and O–H groups in total. The number of fused-ring (bicyclic) bond motifs is 5. The first-order valence-electron chi connectivity index (χ1n) is 12.7. The zero-order valence-electron chi connectivity index (χ0n) is 19.3. The molecule has 0 unspecified atom stereocenters. The number of carbonyl (C=O) groups is 1. The highest BCUT2D eigenvalue weighted by atomic mass is 16.3. The summed E-state index contributed by atoms with van der Waals surface area (Å²) in [6.45, 7) is 4.48. The second-order valence-corrected chi connectivity index (χ2v) is 11.6. The fraction of sp³-hybridized carbons (Fsp3) is 0.679. The van der Waals surface area contributed by atoms with E-state index in [2.05, 4.69) is 18.3 Å². The first kappa shape index (κ1) is 21.2. The summed E-state index contributed by atoms with van der Waals surface area (Å²) in [6.07, 6.45) is 14.0. The third kappa shape index (κ3) is 4.11. The summed E-state index contributed by atoms with van der Waals surface area (Å²) in [5, 5.41) is 13.7. The van der Waals surface area contributed by atoms with Crippen LogP contribution in [0.25, 0.3) is 0 Å². The number of allylic oxidation sites excluding steroid dienone is 1. The van der Waals surface area contributed by atoms with Gasteiger partial charge in [-0.3, -0.25) is 4.79 Å². The Morgan fingerprint density at radius 2 is 1.74 bits per heavy atom. The molecule has 7 atom stereocenters. The Kier molecular flexibility index (Phi) is 5.53. The van der Waals surface area contributed by atoms with E-state index in [-0.39, 0.29) is 11.3 Å². The number of aliphatic hydroxyl groups is 1. The van der Waals surface area contributed by atoms with Crippen LogP contribution in [0.2, 0.25) is 0 Å². The van der Waals surface area contributed by atoms with Gasteiger partial charge in [-0.05, 0) is 118 Å². The molecule has 0 aromatic heterocycles. The van der Waals surface area contributed by atoms with Gasteiger partial charge in [0.2, 0.25) is 0 Å². The average molecular weight is 422 g/mol. The third-order valence-electron chi connectivity index (χ3n) is 9.46. The minimum absolute atomic E-state index is 0.0911. The van der Waals surface area contributed by atoms with E-state index in [1.165, 1.54) is 38.5 Å². The maximum Gasteiger partial charge on any atom is 0.251 e. The number of para-hydroxylation sites is 1. The van der Waals surface area contributed by atoms with Crippen LogP contribution >= 0.6 is 0 Å². The Hall–Kier alpha value is -1.61. The van der Waals surface area contributed by atoms with Crippen molar-refractivity contribution >= 4 is 11.6 Å². The molecule has 0 saturated heterocycles. The number of amides is 1. The highest BCUT2D eigenvalue weighted by molar-refractivity contribution is 6.03. The molecule has 168 valence electrons. The highest BCUT2D eigenvalue weighted by Crippen LogP contribution is 2.60. The predicted octanol–water partition coefficient (Wildman–Crippen LogP) is 6.35. The lowest BCUT2D eigenvalue weighted by Crippen LogP contribution is -2.50. The van der Waals surface area contributed by atoms with Crippen molar-refractivity contribution in [3.63, 3.8) is 0 Å². The van der Waals surface area contributed by atoms with Crippen LogP contribution in [0.15, 0.2) is 42.0 Å². The van der Waals surface area contributed by atoms with Gasteiger partial charge in [0.05, 0.1) is 5.60 Å². The zero-order chi connectivity index (χ0) is 21.6. The van der Waals surface area contributed by atoms with E-state index in [1.54, 1.807) is 0 Å². The van der Waals surface area contributed by atoms with Crippen LogP contribution in [0.5, 0.6) is 0 Å². The number of nitrogens with one attached hydrogen (secondary N) is 1. The molecule has 1 aromatic rings. The molecule has 4 aliphatic rings. The maximum atomic E-state index is 13.1. The van der Waals surface area contributed by atoms with Crippen LogP contribution in [-0.2, 0) is 4.79 Å². The Morgan fingerprint density at radius 1 is 0.968 bits per heavy atom. The van der Waals surface area contributed by atoms with Gasteiger partial charge in [-0.25, -0.2) is 0 Å². The van der Waals surface area contributed by atoms with Crippen LogP contribution in [0.1, 0.15) is 78.1 Å². The van der Waals surface area contributed by atoms with Crippen LogP contribution in [-0.4, -0.2) is 16.6 Å². The monoisotopic (exact) mass is 421 g/mol. The van der Waals surface area contributed by atoms with Crippen molar-refractivity contribution in [3.8, 4) is 0 Å². The van der Waals surface area contributed by atoms with Gasteiger partial charge in [0.25, 0.3) is 5.91 Å². The maximum absolute atomic E-state index is 13.1. The summed E-state index contributed by atoms with van der Waals surface area (Å²) in [7, 11) is 0. The van der Waals surface area contributed by atoms with Crippen molar-refractivity contribution in [1.82, 2.24) is 0 Å². The Bertz CT molecular complexity index is 844. The fourth-order valence-corrected chi connectivity index (χ4v) is 8.05. The van der Waals surface area contributed by atoms with Gasteiger partial charge in [0.15, 0.2) is 0 Å². The molecule has 3 heteroatoms. The number of carbonyl (C=O) groups excluding carboxylic acids is 1. The van der Waals surface area contributed by atoms with Crippen molar-refractivity contribution in [2.45, 2.75) is 83.7 Å². The largest absolute Gasteiger partial charge is 0.390 e. The number of anilines is 1. The standard InChI is InChI=1S/C28H39NO2/c1-27-15-13-23-22-14-16-28(2,31)18-19(22)11-12-24(23)25(27)10-6-7-20(17-27)26(30)29-21-8-4-3-5-9-21/h3-5,8-9,17,19,22-25,31H,6-7,10-16,18H2,1-2H3,(H,29,30)/t19-,22+,23-,24-,25+,27-,28-/m1/s1. The molecule has 5 rings (SSSR count). The first-order valence-corrected chi connectivity index (χ1v) is 12.7. The lowest BCUT2D eigenvalue weighted by Gasteiger charge is -2.57. The van der Waals surface area contributed by atoms with E-state index in [1.807, 2.05) is 37.3 Å². The van der Waals surface area contributed by atoms with E-state index < -0.39 is 5.60 Å². The second-order valence-electron chi connectivity index (χ2n) is 11.6. The van der Waals surface area contributed by atoms with Gasteiger partial charge in [0.1, 0.15) is 0 Å². The topological polar surface area (TPSA) is 49.3 Å². The molecule has 0 radical (unpaired) electrons. The van der Waals surface area contributed by atoms with Gasteiger partial charge in [-0.2, -0.15) is 0 Å². The summed E-state index contributed by atoms with van der Waals surface area (Å²) in [4.78, 5) is 13.1. The summed E-state index contributed by atoms with van der Waals surface area (Å²) in [6, 6.07) is 9.84. The van der Waals surface area contributed by atoms with E-state index in [9.17, 15) is 9.90 Å². The molecule has 0 spiro atoms. The van der Waals surface area contributed by atoms with Crippen LogP contribution in [0, 0.1) is 35.0 Å². The van der Waals surface area contributed by atoms with Crippen LogP contribution < -0.4 is 5.32 Å². The van der Waals surface area contributed by atoms with E-state index in [0.717, 1.165) is 60.6 Å². The third-order valence-corrected chi connectivity index (χ3v) is 9.46. The predicted molar refractivity (Wildman–Crippen MR) is 126 cm³/mol. The minimum atomic E-state index is -0.441. The molecule has 3 fully saturated rings. The molecule has 4 aliphatic carbocycles. The molecule has 1 aromatic carbocycles. The van der Waals surface area contributed by atoms with Crippen molar-refractivity contribution in [2.75, 3.05) is 5.32 Å². The second kappa shape index (κ2) is 8.06. The van der Waals surface area contributed by atoms with E-state index in [0.29, 0.717) is 5.92 Å². The van der Waals surface area contributed by atoms with Crippen LogP contribution in [0.4, 0.5) is 5.69 Å². The average Bonchev–Trinajstić information content (AvgIpc) is 2.92. The number of rotatable bonds is 2. The Labute approximate surface area is 187 Å². The lowest BCUT2D eigenvalue weighted by atomic mass is 9.49. The molecule has 1 amide bonds. The van der Waals surface area contributed by atoms with Crippen molar-refractivity contribution in [3.05, 3.63) is 42.0 Å². The number of hydrogen-bond acceptors (Lipinski definition) is 2. The molecule has 31 heavy (non-hydrogen) atoms.